The summed E-state index contributed by atoms with van der Waals surface area (Å²) in [5.41, 5.74) is 0.577. The number of unbranched alkanes of at least 4 members (excludes halogenated alkanes) is 1. The Morgan fingerprint density at radius 2 is 1.71 bits per heavy atom. The molecule has 0 fully saturated rings. The fourth-order valence-electron chi connectivity index (χ4n) is 1.50. The van der Waals surface area contributed by atoms with E-state index >= 15 is 0 Å². The van der Waals surface area contributed by atoms with Crippen molar-refractivity contribution in [3.8, 4) is 5.75 Å². The van der Waals surface area contributed by atoms with Crippen LogP contribution < -0.4 is 4.43 Å². The van der Waals surface area contributed by atoms with Crippen molar-refractivity contribution in [2.45, 2.75) is 58.7 Å². The van der Waals surface area contributed by atoms with Gasteiger partial charge in [-0.2, -0.15) is 0 Å². The molecule has 0 unspecified atom stereocenters. The average Bonchev–Trinajstić information content (AvgIpc) is 2.38. The van der Waals surface area contributed by atoms with E-state index in [4.69, 9.17) is 9.16 Å². The molecule has 0 spiro atoms. The van der Waals surface area contributed by atoms with Gasteiger partial charge in [0, 0.05) is 0 Å². The van der Waals surface area contributed by atoms with E-state index in [0.29, 0.717) is 12.2 Å². The van der Waals surface area contributed by atoms with Crippen molar-refractivity contribution >= 4 is 14.3 Å². The highest BCUT2D eigenvalue weighted by Crippen LogP contribution is 2.37. The second-order valence-electron chi connectivity index (χ2n) is 6.88. The monoisotopic (exact) mass is 308 g/mol. The molecule has 1 aromatic carbocycles. The summed E-state index contributed by atoms with van der Waals surface area (Å²) in [7, 11) is -1.83. The van der Waals surface area contributed by atoms with Gasteiger partial charge < -0.3 is 9.16 Å². The predicted molar refractivity (Wildman–Crippen MR) is 89.5 cm³/mol. The fourth-order valence-corrected chi connectivity index (χ4v) is 2.53. The first-order valence-corrected chi connectivity index (χ1v) is 10.5. The van der Waals surface area contributed by atoms with Gasteiger partial charge in [-0.15, -0.1) is 0 Å². The van der Waals surface area contributed by atoms with Gasteiger partial charge in [-0.3, -0.25) is 0 Å². The lowest BCUT2D eigenvalue weighted by Gasteiger charge is -2.36. The number of benzene rings is 1. The van der Waals surface area contributed by atoms with Crippen LogP contribution in [0.5, 0.6) is 5.75 Å². The number of carbonyl (C=O) groups excluding carboxylic acids is 1. The standard InChI is InChI=1S/C17H28O3Si/c1-7-8-13-19-16(18)14-9-11-15(12-10-14)20-21(5,6)17(2,3)4/h9-12H,7-8,13H2,1-6H3. The first-order chi connectivity index (χ1) is 9.67. The molecule has 0 aliphatic heterocycles. The molecule has 3 nitrogen and oxygen atoms in total. The van der Waals surface area contributed by atoms with Crippen LogP contribution in [0.2, 0.25) is 18.1 Å². The van der Waals surface area contributed by atoms with Gasteiger partial charge in [-0.05, 0) is 48.8 Å². The van der Waals surface area contributed by atoms with E-state index in [-0.39, 0.29) is 11.0 Å². The molecule has 4 heteroatoms. The van der Waals surface area contributed by atoms with Gasteiger partial charge in [-0.25, -0.2) is 4.79 Å². The molecule has 118 valence electrons. The molecule has 0 heterocycles. The summed E-state index contributed by atoms with van der Waals surface area (Å²) < 4.78 is 11.4. The second kappa shape index (κ2) is 7.12. The highest BCUT2D eigenvalue weighted by atomic mass is 28.4. The number of carbonyl (C=O) groups is 1. The van der Waals surface area contributed by atoms with Crippen LogP contribution in [0.15, 0.2) is 24.3 Å². The van der Waals surface area contributed by atoms with E-state index in [1.807, 2.05) is 12.1 Å². The number of rotatable bonds is 6. The highest BCUT2D eigenvalue weighted by Gasteiger charge is 2.38. The highest BCUT2D eigenvalue weighted by molar-refractivity contribution is 6.74. The third-order valence-electron chi connectivity index (χ3n) is 4.00. The second-order valence-corrected chi connectivity index (χ2v) is 11.6. The maximum Gasteiger partial charge on any atom is 0.338 e. The Kier molecular flexibility index (Phi) is 6.02. The maximum atomic E-state index is 11.8. The van der Waals surface area contributed by atoms with Crippen molar-refractivity contribution < 1.29 is 14.0 Å². The number of hydrogen-bond acceptors (Lipinski definition) is 3. The van der Waals surface area contributed by atoms with Crippen molar-refractivity contribution in [1.29, 1.82) is 0 Å². The van der Waals surface area contributed by atoms with Gasteiger partial charge in [0.1, 0.15) is 5.75 Å². The van der Waals surface area contributed by atoms with Gasteiger partial charge in [0.15, 0.2) is 0 Å². The topological polar surface area (TPSA) is 35.5 Å². The quantitative estimate of drug-likeness (QED) is 0.420. The van der Waals surface area contributed by atoms with Crippen molar-refractivity contribution in [2.24, 2.45) is 0 Å². The molecule has 0 N–H and O–H groups in total. The van der Waals surface area contributed by atoms with E-state index in [2.05, 4.69) is 40.8 Å². The lowest BCUT2D eigenvalue weighted by Crippen LogP contribution is -2.43. The van der Waals surface area contributed by atoms with Crippen LogP contribution in [-0.2, 0) is 4.74 Å². The Balaban J connectivity index is 2.68. The van der Waals surface area contributed by atoms with E-state index < -0.39 is 8.32 Å². The smallest absolute Gasteiger partial charge is 0.338 e. The minimum absolute atomic E-state index is 0.157. The summed E-state index contributed by atoms with van der Waals surface area (Å²) >= 11 is 0. The zero-order valence-electron chi connectivity index (χ0n) is 14.2. The molecule has 0 atom stereocenters. The molecule has 0 radical (unpaired) electrons. The predicted octanol–water partition coefficient (Wildman–Crippen LogP) is 5.03. The van der Waals surface area contributed by atoms with Crippen LogP contribution in [0, 0.1) is 0 Å². The maximum absolute atomic E-state index is 11.8. The van der Waals surface area contributed by atoms with Crippen LogP contribution in [0.1, 0.15) is 50.9 Å². The molecule has 0 bridgehead atoms. The first-order valence-electron chi connectivity index (χ1n) is 7.63. The van der Waals surface area contributed by atoms with E-state index in [0.717, 1.165) is 18.6 Å². The van der Waals surface area contributed by atoms with Gasteiger partial charge in [0.25, 0.3) is 0 Å². The molecular formula is C17H28O3Si. The van der Waals surface area contributed by atoms with Gasteiger partial charge in [-0.1, -0.05) is 34.1 Å². The molecule has 0 amide bonds. The number of esters is 1. The molecule has 1 aromatic rings. The van der Waals surface area contributed by atoms with Crippen molar-refractivity contribution in [3.63, 3.8) is 0 Å². The fraction of sp³-hybridized carbons (Fsp3) is 0.588. The van der Waals surface area contributed by atoms with Crippen LogP contribution in [-0.4, -0.2) is 20.9 Å². The van der Waals surface area contributed by atoms with Gasteiger partial charge in [0.2, 0.25) is 8.32 Å². The van der Waals surface area contributed by atoms with Crippen molar-refractivity contribution in [1.82, 2.24) is 0 Å². The van der Waals surface area contributed by atoms with Crippen LogP contribution in [0.4, 0.5) is 0 Å². The minimum atomic E-state index is -1.83. The SMILES string of the molecule is CCCCOC(=O)c1ccc(O[Si](C)(C)C(C)(C)C)cc1. The lowest BCUT2D eigenvalue weighted by molar-refractivity contribution is 0.0500. The Morgan fingerprint density at radius 3 is 2.19 bits per heavy atom. The van der Waals surface area contributed by atoms with Crippen LogP contribution in [0.25, 0.3) is 0 Å². The normalized spacial score (nSPS) is 12.1. The summed E-state index contributed by atoms with van der Waals surface area (Å²) in [6.07, 6.45) is 1.92. The first kappa shape index (κ1) is 17.8. The lowest BCUT2D eigenvalue weighted by atomic mass is 10.2. The van der Waals surface area contributed by atoms with Crippen molar-refractivity contribution in [2.75, 3.05) is 6.61 Å². The van der Waals surface area contributed by atoms with Crippen LogP contribution in [0.3, 0.4) is 0 Å². The van der Waals surface area contributed by atoms with E-state index in [1.165, 1.54) is 0 Å². The van der Waals surface area contributed by atoms with Gasteiger partial charge in [0.05, 0.1) is 12.2 Å². The molecular weight excluding hydrogens is 280 g/mol. The Hall–Kier alpha value is -1.29. The van der Waals surface area contributed by atoms with Crippen LogP contribution >= 0.6 is 0 Å². The summed E-state index contributed by atoms with van der Waals surface area (Å²) in [6, 6.07) is 7.27. The van der Waals surface area contributed by atoms with Crippen molar-refractivity contribution in [3.05, 3.63) is 29.8 Å². The number of hydrogen-bond donors (Lipinski definition) is 0. The Bertz CT molecular complexity index is 458. The van der Waals surface area contributed by atoms with Gasteiger partial charge >= 0.3 is 5.97 Å². The summed E-state index contributed by atoms with van der Waals surface area (Å²) in [6.45, 7) is 13.6. The molecule has 0 saturated heterocycles. The Labute approximate surface area is 129 Å². The molecule has 0 saturated carbocycles. The zero-order chi connectivity index (χ0) is 16.1. The third-order valence-corrected chi connectivity index (χ3v) is 8.36. The summed E-state index contributed by atoms with van der Waals surface area (Å²) in [4.78, 5) is 11.8. The largest absolute Gasteiger partial charge is 0.544 e. The average molecular weight is 308 g/mol. The molecule has 21 heavy (non-hydrogen) atoms. The Morgan fingerprint density at radius 1 is 1.14 bits per heavy atom. The molecule has 0 aliphatic rings. The minimum Gasteiger partial charge on any atom is -0.544 e. The third kappa shape index (κ3) is 5.19. The number of ether oxygens (including phenoxy) is 1. The van der Waals surface area contributed by atoms with E-state index in [9.17, 15) is 4.79 Å². The molecule has 0 aromatic heterocycles. The molecule has 1 rings (SSSR count). The molecule has 0 aliphatic carbocycles. The summed E-state index contributed by atoms with van der Waals surface area (Å²) in [5.74, 6) is 0.564. The van der Waals surface area contributed by atoms with E-state index in [1.54, 1.807) is 12.1 Å². The zero-order valence-corrected chi connectivity index (χ0v) is 15.2. The summed E-state index contributed by atoms with van der Waals surface area (Å²) in [5, 5.41) is 0.157.